The summed E-state index contributed by atoms with van der Waals surface area (Å²) < 4.78 is 0. The molecular formula is C15H33IN4S. The fraction of sp³-hybridized carbons (Fsp3) is 0.933. The average Bonchev–Trinajstić information content (AvgIpc) is 2.44. The van der Waals surface area contributed by atoms with Crippen molar-refractivity contribution in [2.24, 2.45) is 10.9 Å². The molecular weight excluding hydrogens is 395 g/mol. The van der Waals surface area contributed by atoms with Crippen molar-refractivity contribution in [2.45, 2.75) is 32.6 Å². The first-order valence-electron chi connectivity index (χ1n) is 7.96. The van der Waals surface area contributed by atoms with Crippen LogP contribution in [0.1, 0.15) is 32.6 Å². The summed E-state index contributed by atoms with van der Waals surface area (Å²) in [6.45, 7) is 7.46. The maximum atomic E-state index is 4.75. The van der Waals surface area contributed by atoms with Crippen LogP contribution in [0.25, 0.3) is 0 Å². The molecule has 1 atom stereocenters. The molecule has 0 radical (unpaired) electrons. The number of aliphatic imine (C=N–C) groups is 1. The van der Waals surface area contributed by atoms with Crippen LogP contribution in [0.2, 0.25) is 0 Å². The van der Waals surface area contributed by atoms with E-state index in [9.17, 15) is 0 Å². The van der Waals surface area contributed by atoms with Crippen molar-refractivity contribution >= 4 is 41.7 Å². The Hall–Kier alpha value is 0.310. The van der Waals surface area contributed by atoms with Gasteiger partial charge in [0.05, 0.1) is 0 Å². The number of nitrogens with one attached hydrogen (secondary N) is 2. The summed E-state index contributed by atoms with van der Waals surface area (Å²) in [4.78, 5) is 7.17. The third kappa shape index (κ3) is 10.6. The molecule has 2 N–H and O–H groups in total. The zero-order valence-electron chi connectivity index (χ0n) is 13.9. The largest absolute Gasteiger partial charge is 0.357 e. The standard InChI is InChI=1S/C15H32N4S.HI/c1-4-16-15(17-9-5-6-11-20-3)18-12-14-8-7-10-19(2)13-14;/h14H,4-13H2,1-3H3,(H2,16,17,18);1H. The van der Waals surface area contributed by atoms with E-state index in [1.807, 2.05) is 11.8 Å². The number of thioether (sulfide) groups is 1. The van der Waals surface area contributed by atoms with Crippen LogP contribution in [0.3, 0.4) is 0 Å². The van der Waals surface area contributed by atoms with E-state index < -0.39 is 0 Å². The monoisotopic (exact) mass is 428 g/mol. The Labute approximate surface area is 152 Å². The van der Waals surface area contributed by atoms with Crippen LogP contribution in [0.4, 0.5) is 0 Å². The smallest absolute Gasteiger partial charge is 0.191 e. The topological polar surface area (TPSA) is 39.7 Å². The molecule has 1 aliphatic rings. The second kappa shape index (κ2) is 13.9. The van der Waals surface area contributed by atoms with Crippen molar-refractivity contribution in [1.82, 2.24) is 15.5 Å². The second-order valence-corrected chi connectivity index (χ2v) is 6.60. The predicted molar refractivity (Wildman–Crippen MR) is 107 cm³/mol. The third-order valence-electron chi connectivity index (χ3n) is 3.64. The quantitative estimate of drug-likeness (QED) is 0.270. The van der Waals surface area contributed by atoms with E-state index in [-0.39, 0.29) is 24.0 Å². The van der Waals surface area contributed by atoms with Gasteiger partial charge in [-0.3, -0.25) is 4.99 Å². The van der Waals surface area contributed by atoms with Gasteiger partial charge in [-0.25, -0.2) is 0 Å². The Balaban J connectivity index is 0.00000400. The zero-order valence-corrected chi connectivity index (χ0v) is 17.0. The predicted octanol–water partition coefficient (Wildman–Crippen LogP) is 2.64. The highest BCUT2D eigenvalue weighted by atomic mass is 127. The molecule has 0 aromatic rings. The molecule has 126 valence electrons. The van der Waals surface area contributed by atoms with Gasteiger partial charge in [-0.1, -0.05) is 0 Å². The van der Waals surface area contributed by atoms with Gasteiger partial charge in [-0.15, -0.1) is 24.0 Å². The Morgan fingerprint density at radius 3 is 2.81 bits per heavy atom. The Morgan fingerprint density at radius 1 is 1.33 bits per heavy atom. The van der Waals surface area contributed by atoms with Crippen molar-refractivity contribution < 1.29 is 0 Å². The molecule has 0 bridgehead atoms. The van der Waals surface area contributed by atoms with Gasteiger partial charge in [-0.2, -0.15) is 11.8 Å². The summed E-state index contributed by atoms with van der Waals surface area (Å²) in [5.41, 5.74) is 0. The van der Waals surface area contributed by atoms with Gasteiger partial charge >= 0.3 is 0 Å². The summed E-state index contributed by atoms with van der Waals surface area (Å²) in [6.07, 6.45) is 7.30. The van der Waals surface area contributed by atoms with E-state index >= 15 is 0 Å². The molecule has 1 saturated heterocycles. The molecule has 6 heteroatoms. The van der Waals surface area contributed by atoms with E-state index in [1.54, 1.807) is 0 Å². The molecule has 0 aromatic carbocycles. The van der Waals surface area contributed by atoms with Gasteiger partial charge in [0.1, 0.15) is 0 Å². The van der Waals surface area contributed by atoms with E-state index in [4.69, 9.17) is 4.99 Å². The van der Waals surface area contributed by atoms with Gasteiger partial charge in [0.25, 0.3) is 0 Å². The zero-order chi connectivity index (χ0) is 14.6. The molecule has 4 nitrogen and oxygen atoms in total. The molecule has 0 aromatic heterocycles. The van der Waals surface area contributed by atoms with E-state index in [2.05, 4.69) is 35.8 Å². The first-order valence-corrected chi connectivity index (χ1v) is 9.35. The summed E-state index contributed by atoms with van der Waals surface area (Å²) in [6, 6.07) is 0. The minimum Gasteiger partial charge on any atom is -0.357 e. The van der Waals surface area contributed by atoms with Crippen LogP contribution in [-0.2, 0) is 0 Å². The number of piperidine rings is 1. The molecule has 21 heavy (non-hydrogen) atoms. The van der Waals surface area contributed by atoms with Gasteiger partial charge < -0.3 is 15.5 Å². The normalized spacial score (nSPS) is 20.0. The Kier molecular flexibility index (Phi) is 14.1. The number of nitrogens with zero attached hydrogens (tertiary/aromatic N) is 2. The van der Waals surface area contributed by atoms with Crippen LogP contribution < -0.4 is 10.6 Å². The molecule has 0 amide bonds. The number of unbranched alkanes of at least 4 members (excludes halogenated alkanes) is 1. The SMILES string of the molecule is CCNC(=NCC1CCCN(C)C1)NCCCCSC.I. The van der Waals surface area contributed by atoms with Crippen molar-refractivity contribution in [2.75, 3.05) is 51.8 Å². The lowest BCUT2D eigenvalue weighted by molar-refractivity contribution is 0.214. The molecule has 1 heterocycles. The molecule has 0 aliphatic carbocycles. The average molecular weight is 428 g/mol. The van der Waals surface area contributed by atoms with Gasteiger partial charge in [0.15, 0.2) is 5.96 Å². The third-order valence-corrected chi connectivity index (χ3v) is 4.34. The first-order chi connectivity index (χ1) is 9.76. The van der Waals surface area contributed by atoms with Gasteiger partial charge in [-0.05, 0) is 64.1 Å². The lowest BCUT2D eigenvalue weighted by Gasteiger charge is -2.28. The highest BCUT2D eigenvalue weighted by molar-refractivity contribution is 14.0. The highest BCUT2D eigenvalue weighted by Gasteiger charge is 2.16. The minimum atomic E-state index is 0. The maximum absolute atomic E-state index is 4.75. The van der Waals surface area contributed by atoms with Crippen molar-refractivity contribution in [3.8, 4) is 0 Å². The highest BCUT2D eigenvalue weighted by Crippen LogP contribution is 2.14. The van der Waals surface area contributed by atoms with Crippen LogP contribution in [0.15, 0.2) is 4.99 Å². The lowest BCUT2D eigenvalue weighted by atomic mass is 9.99. The number of guanidine groups is 1. The Morgan fingerprint density at radius 2 is 2.14 bits per heavy atom. The van der Waals surface area contributed by atoms with Crippen LogP contribution in [-0.4, -0.2) is 62.6 Å². The van der Waals surface area contributed by atoms with E-state index in [0.29, 0.717) is 0 Å². The molecule has 1 rings (SSSR count). The number of hydrogen-bond acceptors (Lipinski definition) is 3. The lowest BCUT2D eigenvalue weighted by Crippen LogP contribution is -2.39. The first kappa shape index (κ1) is 21.3. The Bertz CT molecular complexity index is 276. The summed E-state index contributed by atoms with van der Waals surface area (Å²) in [7, 11) is 2.21. The van der Waals surface area contributed by atoms with E-state index in [1.165, 1.54) is 44.5 Å². The second-order valence-electron chi connectivity index (χ2n) is 5.62. The maximum Gasteiger partial charge on any atom is 0.191 e. The van der Waals surface area contributed by atoms with Crippen molar-refractivity contribution in [1.29, 1.82) is 0 Å². The number of rotatable bonds is 8. The van der Waals surface area contributed by atoms with Crippen LogP contribution in [0, 0.1) is 5.92 Å². The molecule has 0 spiro atoms. The molecule has 1 fully saturated rings. The summed E-state index contributed by atoms with van der Waals surface area (Å²) in [5, 5.41) is 6.79. The minimum absolute atomic E-state index is 0. The number of likely N-dealkylation sites (tertiary alicyclic amines) is 1. The van der Waals surface area contributed by atoms with Gasteiger partial charge in [0, 0.05) is 26.2 Å². The molecule has 1 unspecified atom stereocenters. The van der Waals surface area contributed by atoms with Crippen LogP contribution in [0.5, 0.6) is 0 Å². The summed E-state index contributed by atoms with van der Waals surface area (Å²) >= 11 is 1.92. The fourth-order valence-corrected chi connectivity index (χ4v) is 3.06. The van der Waals surface area contributed by atoms with Crippen LogP contribution >= 0.6 is 35.7 Å². The molecule has 1 aliphatic heterocycles. The van der Waals surface area contributed by atoms with Crippen molar-refractivity contribution in [3.63, 3.8) is 0 Å². The molecule has 0 saturated carbocycles. The van der Waals surface area contributed by atoms with Gasteiger partial charge in [0.2, 0.25) is 0 Å². The summed E-state index contributed by atoms with van der Waals surface area (Å²) in [5.74, 6) is 2.97. The number of hydrogen-bond donors (Lipinski definition) is 2. The fourth-order valence-electron chi connectivity index (χ4n) is 2.56. The van der Waals surface area contributed by atoms with E-state index in [0.717, 1.165) is 31.5 Å². The van der Waals surface area contributed by atoms with Crippen molar-refractivity contribution in [3.05, 3.63) is 0 Å². The number of halogens is 1.